The number of nitrogens with one attached hydrogen (secondary N) is 1. The number of ether oxygens (including phenoxy) is 1. The third-order valence-electron chi connectivity index (χ3n) is 2.97. The molecule has 0 saturated carbocycles. The predicted octanol–water partition coefficient (Wildman–Crippen LogP) is 2.09. The Morgan fingerprint density at radius 3 is 2.57 bits per heavy atom. The summed E-state index contributed by atoms with van der Waals surface area (Å²) < 4.78 is 4.84. The van der Waals surface area contributed by atoms with Crippen molar-refractivity contribution in [2.45, 2.75) is 25.3 Å². The Bertz CT molecular complexity index is 498. The quantitative estimate of drug-likeness (QED) is 0.769. The Kier molecular flexibility index (Phi) is 6.62. The Morgan fingerprint density at radius 2 is 2.00 bits per heavy atom. The highest BCUT2D eigenvalue weighted by Gasteiger charge is 2.34. The van der Waals surface area contributed by atoms with Crippen molar-refractivity contribution in [1.82, 2.24) is 5.32 Å². The van der Waals surface area contributed by atoms with Crippen LogP contribution in [-0.2, 0) is 14.3 Å². The van der Waals surface area contributed by atoms with Gasteiger partial charge in [-0.3, -0.25) is 4.79 Å². The molecule has 1 amide bonds. The van der Waals surface area contributed by atoms with Gasteiger partial charge in [0.2, 0.25) is 5.91 Å². The monoisotopic (exact) mass is 291 g/mol. The van der Waals surface area contributed by atoms with Gasteiger partial charge in [0.05, 0.1) is 6.61 Å². The van der Waals surface area contributed by atoms with Gasteiger partial charge in [0.15, 0.2) is 5.54 Å². The lowest BCUT2D eigenvalue weighted by Gasteiger charge is -2.25. The number of benzene rings is 1. The van der Waals surface area contributed by atoms with Crippen molar-refractivity contribution in [2.75, 3.05) is 13.7 Å². The summed E-state index contributed by atoms with van der Waals surface area (Å²) >= 11 is 0. The normalized spacial score (nSPS) is 13.8. The summed E-state index contributed by atoms with van der Waals surface area (Å²) in [6.07, 6.45) is 4.60. The Hall–Kier alpha value is -2.14. The molecule has 0 heterocycles. The summed E-state index contributed by atoms with van der Waals surface area (Å²) in [5, 5.41) is 11.6. The van der Waals surface area contributed by atoms with Crippen LogP contribution in [0, 0.1) is 0 Å². The van der Waals surface area contributed by atoms with Crippen LogP contribution < -0.4 is 5.32 Å². The second-order valence-electron chi connectivity index (χ2n) is 4.97. The average molecular weight is 291 g/mol. The molecule has 0 aliphatic carbocycles. The number of amides is 1. The summed E-state index contributed by atoms with van der Waals surface area (Å²) in [6.45, 7) is 1.35. The molecule has 1 rings (SSSR count). The van der Waals surface area contributed by atoms with Gasteiger partial charge >= 0.3 is 5.97 Å². The molecule has 0 aromatic heterocycles. The van der Waals surface area contributed by atoms with Crippen molar-refractivity contribution < 1.29 is 19.4 Å². The SMILES string of the molecule is COCC(C)(NC(=O)CC/C=C/c1ccccc1)C(=O)O. The third kappa shape index (κ3) is 5.79. The molecule has 0 bridgehead atoms. The smallest absolute Gasteiger partial charge is 0.331 e. The average Bonchev–Trinajstić information content (AvgIpc) is 2.45. The first-order valence-corrected chi connectivity index (χ1v) is 6.73. The molecule has 0 saturated heterocycles. The minimum Gasteiger partial charge on any atom is -0.479 e. The van der Waals surface area contributed by atoms with Crippen LogP contribution in [0.25, 0.3) is 6.08 Å². The molecule has 114 valence electrons. The van der Waals surface area contributed by atoms with E-state index in [4.69, 9.17) is 9.84 Å². The number of carboxylic acids is 1. The second-order valence-corrected chi connectivity index (χ2v) is 4.97. The van der Waals surface area contributed by atoms with Crippen molar-refractivity contribution >= 4 is 18.0 Å². The van der Waals surface area contributed by atoms with Gasteiger partial charge in [-0.1, -0.05) is 42.5 Å². The topological polar surface area (TPSA) is 75.6 Å². The van der Waals surface area contributed by atoms with Gasteiger partial charge in [0, 0.05) is 13.5 Å². The summed E-state index contributed by atoms with van der Waals surface area (Å²) in [5.74, 6) is -1.42. The first-order chi connectivity index (χ1) is 9.98. The Labute approximate surface area is 124 Å². The maximum Gasteiger partial charge on any atom is 0.331 e. The third-order valence-corrected chi connectivity index (χ3v) is 2.97. The number of carbonyl (C=O) groups excluding carboxylic acids is 1. The van der Waals surface area contributed by atoms with Gasteiger partial charge in [0.25, 0.3) is 0 Å². The lowest BCUT2D eigenvalue weighted by Crippen LogP contribution is -2.55. The number of aliphatic carboxylic acids is 1. The number of methoxy groups -OCH3 is 1. The maximum absolute atomic E-state index is 11.8. The number of carbonyl (C=O) groups is 2. The molecule has 0 aliphatic heterocycles. The van der Waals surface area contributed by atoms with Crippen molar-refractivity contribution in [1.29, 1.82) is 0 Å². The van der Waals surface area contributed by atoms with Gasteiger partial charge in [-0.2, -0.15) is 0 Å². The molecule has 0 aliphatic rings. The number of hydrogen-bond donors (Lipinski definition) is 2. The zero-order valence-electron chi connectivity index (χ0n) is 12.3. The molecular weight excluding hydrogens is 270 g/mol. The molecule has 0 radical (unpaired) electrons. The van der Waals surface area contributed by atoms with Gasteiger partial charge < -0.3 is 15.2 Å². The van der Waals surface area contributed by atoms with E-state index in [9.17, 15) is 9.59 Å². The zero-order chi connectivity index (χ0) is 15.7. The van der Waals surface area contributed by atoms with E-state index in [1.54, 1.807) is 0 Å². The van der Waals surface area contributed by atoms with Crippen LogP contribution in [0.5, 0.6) is 0 Å². The fraction of sp³-hybridized carbons (Fsp3) is 0.375. The Balaban J connectivity index is 2.43. The van der Waals surface area contributed by atoms with E-state index in [0.717, 1.165) is 5.56 Å². The van der Waals surface area contributed by atoms with Gasteiger partial charge in [0.1, 0.15) is 0 Å². The first kappa shape index (κ1) is 16.9. The molecule has 1 atom stereocenters. The van der Waals surface area contributed by atoms with Gasteiger partial charge in [-0.15, -0.1) is 0 Å². The van der Waals surface area contributed by atoms with E-state index < -0.39 is 11.5 Å². The molecule has 1 aromatic carbocycles. The standard InChI is InChI=1S/C16H21NO4/c1-16(12-21-2,15(19)20)17-14(18)11-7-6-10-13-8-4-3-5-9-13/h3-6,8-10H,7,11-12H2,1-2H3,(H,17,18)(H,19,20)/b10-6+. The molecule has 2 N–H and O–H groups in total. The largest absolute Gasteiger partial charge is 0.479 e. The molecular formula is C16H21NO4. The highest BCUT2D eigenvalue weighted by atomic mass is 16.5. The van der Waals surface area contributed by atoms with E-state index >= 15 is 0 Å². The Morgan fingerprint density at radius 1 is 1.33 bits per heavy atom. The maximum atomic E-state index is 11.8. The van der Waals surface area contributed by atoms with Crippen molar-refractivity contribution in [3.05, 3.63) is 42.0 Å². The van der Waals surface area contributed by atoms with E-state index in [1.807, 2.05) is 42.5 Å². The van der Waals surface area contributed by atoms with E-state index in [0.29, 0.717) is 6.42 Å². The summed E-state index contributed by atoms with van der Waals surface area (Å²) in [6, 6.07) is 9.76. The minimum atomic E-state index is -1.39. The second kappa shape index (κ2) is 8.21. The summed E-state index contributed by atoms with van der Waals surface area (Å²) in [5.41, 5.74) is -0.331. The van der Waals surface area contributed by atoms with E-state index in [-0.39, 0.29) is 18.9 Å². The molecule has 5 nitrogen and oxygen atoms in total. The van der Waals surface area contributed by atoms with E-state index in [2.05, 4.69) is 5.32 Å². The zero-order valence-corrected chi connectivity index (χ0v) is 12.3. The molecule has 21 heavy (non-hydrogen) atoms. The number of carboxylic acid groups (broad SMARTS) is 1. The van der Waals surface area contributed by atoms with Crippen LogP contribution >= 0.6 is 0 Å². The van der Waals surface area contributed by atoms with Crippen molar-refractivity contribution in [3.8, 4) is 0 Å². The van der Waals surface area contributed by atoms with Crippen LogP contribution in [0.15, 0.2) is 36.4 Å². The predicted molar refractivity (Wildman–Crippen MR) is 80.8 cm³/mol. The van der Waals surface area contributed by atoms with Crippen LogP contribution in [0.4, 0.5) is 0 Å². The highest BCUT2D eigenvalue weighted by molar-refractivity contribution is 5.86. The highest BCUT2D eigenvalue weighted by Crippen LogP contribution is 2.07. The molecule has 1 aromatic rings. The molecule has 0 spiro atoms. The number of allylic oxidation sites excluding steroid dienone is 1. The minimum absolute atomic E-state index is 0.0755. The van der Waals surface area contributed by atoms with Crippen molar-refractivity contribution in [3.63, 3.8) is 0 Å². The van der Waals surface area contributed by atoms with Crippen LogP contribution in [0.2, 0.25) is 0 Å². The first-order valence-electron chi connectivity index (χ1n) is 6.73. The summed E-state index contributed by atoms with van der Waals surface area (Å²) in [4.78, 5) is 22.9. The van der Waals surface area contributed by atoms with E-state index in [1.165, 1.54) is 14.0 Å². The lowest BCUT2D eigenvalue weighted by molar-refractivity contribution is -0.149. The van der Waals surface area contributed by atoms with Crippen LogP contribution in [-0.4, -0.2) is 36.2 Å². The summed E-state index contributed by atoms with van der Waals surface area (Å²) in [7, 11) is 1.40. The lowest BCUT2D eigenvalue weighted by atomic mass is 10.0. The molecule has 1 unspecified atom stereocenters. The molecule has 0 fully saturated rings. The number of hydrogen-bond acceptors (Lipinski definition) is 3. The van der Waals surface area contributed by atoms with Gasteiger partial charge in [-0.25, -0.2) is 4.79 Å². The van der Waals surface area contributed by atoms with Crippen LogP contribution in [0.1, 0.15) is 25.3 Å². The molecule has 5 heteroatoms. The van der Waals surface area contributed by atoms with Crippen LogP contribution in [0.3, 0.4) is 0 Å². The number of rotatable bonds is 8. The fourth-order valence-electron chi connectivity index (χ4n) is 1.81. The van der Waals surface area contributed by atoms with Gasteiger partial charge in [-0.05, 0) is 18.9 Å². The van der Waals surface area contributed by atoms with Crippen molar-refractivity contribution in [2.24, 2.45) is 0 Å². The fourth-order valence-corrected chi connectivity index (χ4v) is 1.81.